The highest BCUT2D eigenvalue weighted by Gasteiger charge is 2.06. The van der Waals surface area contributed by atoms with Crippen molar-refractivity contribution in [3.8, 4) is 11.3 Å². The van der Waals surface area contributed by atoms with Gasteiger partial charge in [0.25, 0.3) is 0 Å². The van der Waals surface area contributed by atoms with Crippen molar-refractivity contribution in [3.63, 3.8) is 0 Å². The molecule has 2 aromatic rings. The molecule has 1 heterocycles. The van der Waals surface area contributed by atoms with Crippen molar-refractivity contribution >= 4 is 17.7 Å². The highest BCUT2D eigenvalue weighted by Crippen LogP contribution is 2.23. The fraction of sp³-hybridized carbons (Fsp3) is 0.0769. The lowest BCUT2D eigenvalue weighted by Gasteiger charge is -2.06. The first-order chi connectivity index (χ1) is 9.06. The summed E-state index contributed by atoms with van der Waals surface area (Å²) in [5.41, 5.74) is 1.92. The van der Waals surface area contributed by atoms with Crippen LogP contribution in [0.3, 0.4) is 0 Å². The van der Waals surface area contributed by atoms with Crippen LogP contribution in [0.4, 0.5) is 9.18 Å². The number of hydrogen-bond acceptors (Lipinski definition) is 2. The van der Waals surface area contributed by atoms with E-state index in [4.69, 9.17) is 16.7 Å². The van der Waals surface area contributed by atoms with Crippen LogP contribution < -0.4 is 5.32 Å². The first-order valence-electron chi connectivity index (χ1n) is 5.43. The smallest absolute Gasteiger partial charge is 0.404 e. The molecule has 2 N–H and O–H groups in total. The third kappa shape index (κ3) is 3.42. The quantitative estimate of drug-likeness (QED) is 0.907. The molecule has 2 rings (SSSR count). The summed E-state index contributed by atoms with van der Waals surface area (Å²) in [4.78, 5) is 14.6. The van der Waals surface area contributed by atoms with E-state index in [1.54, 1.807) is 18.2 Å². The van der Waals surface area contributed by atoms with Gasteiger partial charge in [-0.05, 0) is 30.3 Å². The molecule has 0 unspecified atom stereocenters. The highest BCUT2D eigenvalue weighted by molar-refractivity contribution is 6.31. The van der Waals surface area contributed by atoms with Gasteiger partial charge in [0.1, 0.15) is 5.82 Å². The second-order valence-electron chi connectivity index (χ2n) is 3.83. The van der Waals surface area contributed by atoms with Crippen LogP contribution in [0.5, 0.6) is 0 Å². The summed E-state index contributed by atoms with van der Waals surface area (Å²) in [6, 6.07) is 7.50. The third-order valence-electron chi connectivity index (χ3n) is 2.50. The summed E-state index contributed by atoms with van der Waals surface area (Å²) >= 11 is 6.05. The zero-order chi connectivity index (χ0) is 13.8. The number of rotatable bonds is 3. The van der Waals surface area contributed by atoms with Gasteiger partial charge in [-0.2, -0.15) is 0 Å². The van der Waals surface area contributed by atoms with Crippen LogP contribution in [-0.2, 0) is 6.54 Å². The van der Waals surface area contributed by atoms with E-state index >= 15 is 0 Å². The van der Waals surface area contributed by atoms with Crippen molar-refractivity contribution < 1.29 is 14.3 Å². The molecule has 1 aromatic heterocycles. The largest absolute Gasteiger partial charge is 0.465 e. The SMILES string of the molecule is O=C(O)NCc1cnc(-c2ccc(F)cc2)cc1Cl. The van der Waals surface area contributed by atoms with Gasteiger partial charge in [-0.1, -0.05) is 11.6 Å². The molecule has 0 bridgehead atoms. The van der Waals surface area contributed by atoms with Gasteiger partial charge in [-0.3, -0.25) is 4.98 Å². The van der Waals surface area contributed by atoms with Gasteiger partial charge in [0.2, 0.25) is 0 Å². The van der Waals surface area contributed by atoms with Crippen LogP contribution in [0.2, 0.25) is 5.02 Å². The Morgan fingerprint density at radius 1 is 1.37 bits per heavy atom. The zero-order valence-corrected chi connectivity index (χ0v) is 10.5. The number of pyridine rings is 1. The number of nitrogens with one attached hydrogen (secondary N) is 1. The maximum absolute atomic E-state index is 12.8. The first kappa shape index (κ1) is 13.3. The highest BCUT2D eigenvalue weighted by atomic mass is 35.5. The standard InChI is InChI=1S/C13H10ClFN2O2/c14-11-5-12(8-1-3-10(15)4-2-8)16-6-9(11)7-17-13(18)19/h1-6,17H,7H2,(H,18,19). The van der Waals surface area contributed by atoms with Crippen LogP contribution in [-0.4, -0.2) is 16.2 Å². The Labute approximate surface area is 113 Å². The van der Waals surface area contributed by atoms with Gasteiger partial charge in [0, 0.05) is 28.9 Å². The van der Waals surface area contributed by atoms with Gasteiger partial charge in [-0.15, -0.1) is 0 Å². The lowest BCUT2D eigenvalue weighted by Crippen LogP contribution is -2.20. The molecule has 1 aromatic carbocycles. The molecule has 1 amide bonds. The van der Waals surface area contributed by atoms with E-state index in [2.05, 4.69) is 10.3 Å². The Morgan fingerprint density at radius 2 is 2.05 bits per heavy atom. The van der Waals surface area contributed by atoms with E-state index in [9.17, 15) is 9.18 Å². The average Bonchev–Trinajstić information content (AvgIpc) is 2.38. The molecule has 0 radical (unpaired) electrons. The predicted octanol–water partition coefficient (Wildman–Crippen LogP) is 3.31. The van der Waals surface area contributed by atoms with Crippen molar-refractivity contribution in [3.05, 3.63) is 52.9 Å². The molecule has 0 fully saturated rings. The molecule has 0 saturated carbocycles. The van der Waals surface area contributed by atoms with Crippen molar-refractivity contribution in [1.29, 1.82) is 0 Å². The second kappa shape index (κ2) is 5.67. The fourth-order valence-electron chi connectivity index (χ4n) is 1.54. The molecule has 0 atom stereocenters. The molecule has 0 aliphatic carbocycles. The predicted molar refractivity (Wildman–Crippen MR) is 69.5 cm³/mol. The minimum absolute atomic E-state index is 0.0882. The van der Waals surface area contributed by atoms with Gasteiger partial charge in [0.05, 0.1) is 5.69 Å². The van der Waals surface area contributed by atoms with Gasteiger partial charge >= 0.3 is 6.09 Å². The monoisotopic (exact) mass is 280 g/mol. The number of aromatic nitrogens is 1. The summed E-state index contributed by atoms with van der Waals surface area (Å²) in [5.74, 6) is -0.322. The summed E-state index contributed by atoms with van der Waals surface area (Å²) in [6.07, 6.45) is 0.371. The maximum atomic E-state index is 12.8. The number of benzene rings is 1. The minimum atomic E-state index is -1.13. The van der Waals surface area contributed by atoms with E-state index in [0.29, 0.717) is 16.3 Å². The molecule has 4 nitrogen and oxygen atoms in total. The average molecular weight is 281 g/mol. The van der Waals surface area contributed by atoms with Gasteiger partial charge in [0.15, 0.2) is 0 Å². The van der Waals surface area contributed by atoms with Gasteiger partial charge < -0.3 is 10.4 Å². The molecule has 98 valence electrons. The number of halogens is 2. The minimum Gasteiger partial charge on any atom is -0.465 e. The van der Waals surface area contributed by atoms with E-state index in [-0.39, 0.29) is 12.4 Å². The molecule has 19 heavy (non-hydrogen) atoms. The third-order valence-corrected chi connectivity index (χ3v) is 2.85. The lowest BCUT2D eigenvalue weighted by atomic mass is 10.1. The van der Waals surface area contributed by atoms with Crippen molar-refractivity contribution in [1.82, 2.24) is 10.3 Å². The lowest BCUT2D eigenvalue weighted by molar-refractivity contribution is 0.194. The number of nitrogens with zero attached hydrogens (tertiary/aromatic N) is 1. The van der Waals surface area contributed by atoms with Crippen LogP contribution in [0.15, 0.2) is 36.5 Å². The maximum Gasteiger partial charge on any atom is 0.404 e. The topological polar surface area (TPSA) is 62.2 Å². The van der Waals surface area contributed by atoms with Crippen molar-refractivity contribution in [2.24, 2.45) is 0 Å². The summed E-state index contributed by atoms with van der Waals surface area (Å²) in [6.45, 7) is 0.0882. The van der Waals surface area contributed by atoms with Crippen LogP contribution in [0, 0.1) is 5.82 Å². The number of amides is 1. The van der Waals surface area contributed by atoms with Crippen molar-refractivity contribution in [2.75, 3.05) is 0 Å². The van der Waals surface area contributed by atoms with E-state index in [1.807, 2.05) is 0 Å². The van der Waals surface area contributed by atoms with E-state index < -0.39 is 6.09 Å². The first-order valence-corrected chi connectivity index (χ1v) is 5.81. The Balaban J connectivity index is 2.23. The fourth-order valence-corrected chi connectivity index (χ4v) is 1.76. The van der Waals surface area contributed by atoms with Crippen LogP contribution in [0.25, 0.3) is 11.3 Å². The number of hydrogen-bond donors (Lipinski definition) is 2. The molecule has 6 heteroatoms. The van der Waals surface area contributed by atoms with Gasteiger partial charge in [-0.25, -0.2) is 9.18 Å². The normalized spacial score (nSPS) is 10.2. The van der Waals surface area contributed by atoms with E-state index in [1.165, 1.54) is 18.3 Å². The zero-order valence-electron chi connectivity index (χ0n) is 9.73. The van der Waals surface area contributed by atoms with Crippen LogP contribution >= 0.6 is 11.6 Å². The number of carbonyl (C=O) groups is 1. The van der Waals surface area contributed by atoms with Crippen LogP contribution in [0.1, 0.15) is 5.56 Å². The summed E-state index contributed by atoms with van der Waals surface area (Å²) in [5, 5.41) is 11.1. The summed E-state index contributed by atoms with van der Waals surface area (Å²) < 4.78 is 12.8. The molecular weight excluding hydrogens is 271 g/mol. The Kier molecular flexibility index (Phi) is 3.97. The summed E-state index contributed by atoms with van der Waals surface area (Å²) in [7, 11) is 0. The Morgan fingerprint density at radius 3 is 2.63 bits per heavy atom. The second-order valence-corrected chi connectivity index (χ2v) is 4.23. The molecule has 0 spiro atoms. The van der Waals surface area contributed by atoms with E-state index in [0.717, 1.165) is 5.56 Å². The molecule has 0 aliphatic rings. The Bertz CT molecular complexity index is 602. The number of carboxylic acid groups (broad SMARTS) is 1. The molecule has 0 saturated heterocycles. The Hall–Kier alpha value is -2.14. The molecule has 0 aliphatic heterocycles. The van der Waals surface area contributed by atoms with Crippen molar-refractivity contribution in [2.45, 2.75) is 6.54 Å². The molecular formula is C13H10ClFN2O2.